The number of Topliss-reactive ketones (excluding diaryl/α,β-unsaturated/α-hetero) is 1. The number of thiophene rings is 1. The third-order valence-corrected chi connectivity index (χ3v) is 5.94. The molecule has 156 valence electrons. The number of carbonyl (C=O) groups excluding carboxylic acids is 1. The van der Waals surface area contributed by atoms with E-state index in [1.54, 1.807) is 5.38 Å². The van der Waals surface area contributed by atoms with Crippen LogP contribution in [0.15, 0.2) is 28.5 Å². The topological polar surface area (TPSA) is 61.2 Å². The van der Waals surface area contributed by atoms with Crippen LogP contribution in [0.5, 0.6) is 5.19 Å². The molecule has 0 bridgehead atoms. The quantitative estimate of drug-likeness (QED) is 0.397. The molecule has 0 unspecified atom stereocenters. The highest BCUT2D eigenvalue weighted by Gasteiger charge is 2.16. The third kappa shape index (κ3) is 5.30. The van der Waals surface area contributed by atoms with Gasteiger partial charge in [-0.05, 0) is 23.6 Å². The number of carbonyl (C=O) groups is 1. The largest absolute Gasteiger partial charge is 0.473 e. The molecule has 0 aliphatic rings. The maximum Gasteiger partial charge on any atom is 0.286 e. The summed E-state index contributed by atoms with van der Waals surface area (Å²) in [7, 11) is 1.50. The summed E-state index contributed by atoms with van der Waals surface area (Å²) in [6.07, 6.45) is -2.06. The van der Waals surface area contributed by atoms with Gasteiger partial charge in [0.15, 0.2) is 11.6 Å². The van der Waals surface area contributed by atoms with Gasteiger partial charge in [-0.1, -0.05) is 28.9 Å². The first-order valence-electron chi connectivity index (χ1n) is 8.28. The molecule has 0 aliphatic carbocycles. The first-order chi connectivity index (χ1) is 14.3. The number of pyridine rings is 1. The number of thiazole rings is 1. The molecule has 0 saturated carbocycles. The molecule has 0 amide bonds. The average Bonchev–Trinajstić information content (AvgIpc) is 3.30. The van der Waals surface area contributed by atoms with Gasteiger partial charge in [0.1, 0.15) is 10.0 Å². The van der Waals surface area contributed by atoms with Crippen LogP contribution in [0, 0.1) is 17.7 Å². The zero-order valence-electron chi connectivity index (χ0n) is 15.2. The summed E-state index contributed by atoms with van der Waals surface area (Å²) in [5.74, 6) is 4.04. The smallest absolute Gasteiger partial charge is 0.286 e. The van der Waals surface area contributed by atoms with Crippen LogP contribution in [-0.2, 0) is 13.0 Å². The van der Waals surface area contributed by atoms with Crippen molar-refractivity contribution in [1.82, 2.24) is 9.55 Å². The molecule has 3 heterocycles. The molecule has 3 aromatic heterocycles. The summed E-state index contributed by atoms with van der Waals surface area (Å²) >= 11 is 8.43. The summed E-state index contributed by atoms with van der Waals surface area (Å²) in [5, 5.41) is 2.17. The molecule has 3 aromatic rings. The van der Waals surface area contributed by atoms with Gasteiger partial charge in [-0.3, -0.25) is 9.59 Å². The van der Waals surface area contributed by atoms with Crippen molar-refractivity contribution in [2.75, 3.05) is 7.11 Å². The van der Waals surface area contributed by atoms with Gasteiger partial charge in [-0.25, -0.2) is 13.2 Å². The summed E-state index contributed by atoms with van der Waals surface area (Å²) in [6, 6.07) is 2.37. The minimum absolute atomic E-state index is 0.101. The SMILES string of the molecule is COc1nc(C#Cc2cc(C(=O)Cc3cc(F)c(=O)n(CC(F)F)c3)sc2Cl)cs1. The number of methoxy groups -OCH3 is 1. The molecule has 11 heteroatoms. The number of aromatic nitrogens is 2. The van der Waals surface area contributed by atoms with E-state index >= 15 is 0 Å². The lowest BCUT2D eigenvalue weighted by atomic mass is 10.1. The van der Waals surface area contributed by atoms with Gasteiger partial charge >= 0.3 is 0 Å². The van der Waals surface area contributed by atoms with Crippen molar-refractivity contribution < 1.29 is 22.7 Å². The second-order valence-electron chi connectivity index (χ2n) is 5.90. The lowest BCUT2D eigenvalue weighted by molar-refractivity contribution is 0.0996. The molecular weight excluding hydrogens is 461 g/mol. The van der Waals surface area contributed by atoms with Crippen molar-refractivity contribution in [3.8, 4) is 17.0 Å². The van der Waals surface area contributed by atoms with E-state index in [0.29, 0.717) is 25.4 Å². The highest BCUT2D eigenvalue weighted by Crippen LogP contribution is 2.28. The van der Waals surface area contributed by atoms with E-state index in [1.165, 1.54) is 24.5 Å². The number of hydrogen-bond acceptors (Lipinski definition) is 6. The van der Waals surface area contributed by atoms with Crippen molar-refractivity contribution in [1.29, 1.82) is 0 Å². The average molecular weight is 473 g/mol. The van der Waals surface area contributed by atoms with Crippen LogP contribution in [-0.4, -0.2) is 28.9 Å². The monoisotopic (exact) mass is 472 g/mol. The highest BCUT2D eigenvalue weighted by atomic mass is 35.5. The van der Waals surface area contributed by atoms with E-state index in [9.17, 15) is 22.8 Å². The molecule has 0 atom stereocenters. The predicted octanol–water partition coefficient (Wildman–Crippen LogP) is 4.26. The fraction of sp³-hybridized carbons (Fsp3) is 0.211. The summed E-state index contributed by atoms with van der Waals surface area (Å²) in [6.45, 7) is -0.955. The van der Waals surface area contributed by atoms with Gasteiger partial charge < -0.3 is 9.30 Å². The van der Waals surface area contributed by atoms with E-state index in [0.717, 1.165) is 23.6 Å². The van der Waals surface area contributed by atoms with E-state index in [-0.39, 0.29) is 16.9 Å². The lowest BCUT2D eigenvalue weighted by Crippen LogP contribution is -2.26. The normalized spacial score (nSPS) is 10.7. The van der Waals surface area contributed by atoms with Crippen LogP contribution < -0.4 is 10.3 Å². The fourth-order valence-corrected chi connectivity index (χ4v) is 4.14. The molecule has 0 aromatic carbocycles. The molecule has 0 spiro atoms. The van der Waals surface area contributed by atoms with Crippen molar-refractivity contribution in [2.45, 2.75) is 19.4 Å². The number of ketones is 1. The molecule has 0 N–H and O–H groups in total. The van der Waals surface area contributed by atoms with Gasteiger partial charge in [0.2, 0.25) is 0 Å². The second-order valence-corrected chi connectivity index (χ2v) is 8.37. The molecule has 0 radical (unpaired) electrons. The summed E-state index contributed by atoms with van der Waals surface area (Å²) in [5.41, 5.74) is -0.152. The molecule has 0 aliphatic heterocycles. The van der Waals surface area contributed by atoms with Crippen LogP contribution in [0.4, 0.5) is 13.2 Å². The maximum absolute atomic E-state index is 13.8. The Hall–Kier alpha value is -2.61. The fourth-order valence-electron chi connectivity index (χ4n) is 2.44. The van der Waals surface area contributed by atoms with Crippen molar-refractivity contribution >= 4 is 40.1 Å². The van der Waals surface area contributed by atoms with Gasteiger partial charge in [0.25, 0.3) is 17.2 Å². The van der Waals surface area contributed by atoms with E-state index < -0.39 is 30.1 Å². The Morgan fingerprint density at radius 2 is 2.13 bits per heavy atom. The Labute approximate surface area is 181 Å². The number of alkyl halides is 2. The van der Waals surface area contributed by atoms with Crippen LogP contribution >= 0.6 is 34.3 Å². The predicted molar refractivity (Wildman–Crippen MR) is 109 cm³/mol. The molecule has 5 nitrogen and oxygen atoms in total. The van der Waals surface area contributed by atoms with Crippen LogP contribution in [0.3, 0.4) is 0 Å². The van der Waals surface area contributed by atoms with E-state index in [1.807, 2.05) is 0 Å². The van der Waals surface area contributed by atoms with Crippen LogP contribution in [0.1, 0.15) is 26.5 Å². The third-order valence-electron chi connectivity index (χ3n) is 3.74. The van der Waals surface area contributed by atoms with Crippen molar-refractivity contribution in [3.05, 3.63) is 65.9 Å². The zero-order chi connectivity index (χ0) is 21.8. The Morgan fingerprint density at radius 1 is 1.37 bits per heavy atom. The Bertz CT molecular complexity index is 1210. The molecule has 3 rings (SSSR count). The standard InChI is InChI=1S/C19H12ClF3N2O3S2/c1-28-19-24-12(9-29-19)3-2-11-6-15(30-17(11)20)14(26)5-10-4-13(21)18(27)25(7-10)8-16(22)23/h4,6-7,9,16H,5,8H2,1H3. The van der Waals surface area contributed by atoms with Crippen molar-refractivity contribution in [2.24, 2.45) is 0 Å². The number of ether oxygens (including phenoxy) is 1. The number of rotatable bonds is 6. The van der Waals surface area contributed by atoms with Crippen LogP contribution in [0.2, 0.25) is 4.34 Å². The number of nitrogens with zero attached hydrogens (tertiary/aromatic N) is 2. The molecule has 30 heavy (non-hydrogen) atoms. The Morgan fingerprint density at radius 3 is 2.80 bits per heavy atom. The second kappa shape index (κ2) is 9.47. The maximum atomic E-state index is 13.8. The lowest BCUT2D eigenvalue weighted by Gasteiger charge is -2.08. The number of hydrogen-bond donors (Lipinski definition) is 0. The minimum Gasteiger partial charge on any atom is -0.473 e. The molecular formula is C19H12ClF3N2O3S2. The molecule has 0 saturated heterocycles. The first-order valence-corrected chi connectivity index (χ1v) is 10.3. The summed E-state index contributed by atoms with van der Waals surface area (Å²) < 4.78 is 44.7. The van der Waals surface area contributed by atoms with E-state index in [4.69, 9.17) is 16.3 Å². The minimum atomic E-state index is -2.83. The number of halogens is 4. The van der Waals surface area contributed by atoms with Gasteiger partial charge in [-0.15, -0.1) is 11.3 Å². The van der Waals surface area contributed by atoms with E-state index in [2.05, 4.69) is 16.8 Å². The Kier molecular flexibility index (Phi) is 6.97. The van der Waals surface area contributed by atoms with Gasteiger partial charge in [0.05, 0.1) is 24.1 Å². The van der Waals surface area contributed by atoms with Gasteiger partial charge in [-0.2, -0.15) is 4.98 Å². The van der Waals surface area contributed by atoms with Crippen LogP contribution in [0.25, 0.3) is 0 Å². The summed E-state index contributed by atoms with van der Waals surface area (Å²) in [4.78, 5) is 28.5. The first kappa shape index (κ1) is 22.1. The molecule has 0 fully saturated rings. The Balaban J connectivity index is 1.79. The zero-order valence-corrected chi connectivity index (χ0v) is 17.6. The highest BCUT2D eigenvalue weighted by molar-refractivity contribution is 7.18. The van der Waals surface area contributed by atoms with Gasteiger partial charge in [0, 0.05) is 18.0 Å². The van der Waals surface area contributed by atoms with Crippen molar-refractivity contribution in [3.63, 3.8) is 0 Å².